The smallest absolute Gasteiger partial charge is 0.200 e. The van der Waals surface area contributed by atoms with E-state index in [9.17, 15) is 17.2 Å². The number of hydrogen-bond donors (Lipinski definition) is 0. The summed E-state index contributed by atoms with van der Waals surface area (Å²) in [5.41, 5.74) is 0. The van der Waals surface area contributed by atoms with E-state index in [0.29, 0.717) is 10.9 Å². The molecule has 1 aromatic rings. The molecule has 0 radical (unpaired) electrons. The number of rotatable bonds is 6. The van der Waals surface area contributed by atoms with E-state index in [-0.39, 0.29) is 23.9 Å². The summed E-state index contributed by atoms with van der Waals surface area (Å²) in [5.74, 6) is -2.62. The van der Waals surface area contributed by atoms with Crippen LogP contribution in [0, 0.1) is 11.6 Å². The molecule has 0 N–H and O–H groups in total. The minimum absolute atomic E-state index is 0.0612. The molecular formula is C11H13BrF2O3S. The van der Waals surface area contributed by atoms with Gasteiger partial charge in [-0.05, 0) is 18.6 Å². The van der Waals surface area contributed by atoms with Crippen molar-refractivity contribution in [1.29, 1.82) is 0 Å². The lowest BCUT2D eigenvalue weighted by molar-refractivity contribution is 0.314. The van der Waals surface area contributed by atoms with Crippen molar-refractivity contribution in [3.05, 3.63) is 28.2 Å². The van der Waals surface area contributed by atoms with E-state index >= 15 is 0 Å². The van der Waals surface area contributed by atoms with Crippen molar-refractivity contribution in [3.63, 3.8) is 0 Å². The molecule has 0 aliphatic rings. The van der Waals surface area contributed by atoms with Crippen molar-refractivity contribution in [2.75, 3.05) is 18.1 Å². The first-order valence-electron chi connectivity index (χ1n) is 5.33. The predicted octanol–water partition coefficient (Wildman–Crippen LogP) is 2.93. The summed E-state index contributed by atoms with van der Waals surface area (Å²) in [5, 5.41) is 0. The Morgan fingerprint density at radius 1 is 1.28 bits per heavy atom. The fourth-order valence-electron chi connectivity index (χ4n) is 1.33. The maximum atomic E-state index is 13.3. The molecule has 1 aromatic carbocycles. The van der Waals surface area contributed by atoms with Crippen LogP contribution in [0.25, 0.3) is 0 Å². The molecule has 0 saturated heterocycles. The lowest BCUT2D eigenvalue weighted by Crippen LogP contribution is -2.17. The summed E-state index contributed by atoms with van der Waals surface area (Å²) in [6.45, 7) is 1.55. The van der Waals surface area contributed by atoms with Crippen molar-refractivity contribution in [2.24, 2.45) is 0 Å². The van der Waals surface area contributed by atoms with Crippen molar-refractivity contribution < 1.29 is 21.9 Å². The normalized spacial score (nSPS) is 11.6. The highest BCUT2D eigenvalue weighted by atomic mass is 79.9. The second-order valence-electron chi connectivity index (χ2n) is 3.70. The van der Waals surface area contributed by atoms with Crippen molar-refractivity contribution in [2.45, 2.75) is 13.3 Å². The Morgan fingerprint density at radius 2 is 1.94 bits per heavy atom. The highest BCUT2D eigenvalue weighted by molar-refractivity contribution is 9.10. The van der Waals surface area contributed by atoms with Gasteiger partial charge in [-0.2, -0.15) is 4.39 Å². The van der Waals surface area contributed by atoms with Gasteiger partial charge in [0.05, 0.1) is 11.5 Å². The van der Waals surface area contributed by atoms with E-state index in [1.807, 2.05) is 0 Å². The van der Waals surface area contributed by atoms with Gasteiger partial charge in [0.1, 0.15) is 6.61 Å². The van der Waals surface area contributed by atoms with E-state index in [2.05, 4.69) is 15.9 Å². The third-order valence-corrected chi connectivity index (χ3v) is 4.40. The van der Waals surface area contributed by atoms with Gasteiger partial charge in [0.2, 0.25) is 5.82 Å². The van der Waals surface area contributed by atoms with Gasteiger partial charge >= 0.3 is 0 Å². The second kappa shape index (κ2) is 6.47. The Labute approximate surface area is 113 Å². The van der Waals surface area contributed by atoms with Gasteiger partial charge in [-0.15, -0.1) is 0 Å². The molecule has 0 amide bonds. The van der Waals surface area contributed by atoms with Crippen LogP contribution in [0.2, 0.25) is 0 Å². The number of hydrogen-bond acceptors (Lipinski definition) is 3. The van der Waals surface area contributed by atoms with E-state index in [1.54, 1.807) is 6.92 Å². The molecule has 0 unspecified atom stereocenters. The minimum atomic E-state index is -3.19. The van der Waals surface area contributed by atoms with Gasteiger partial charge < -0.3 is 4.74 Å². The molecule has 0 aliphatic carbocycles. The van der Waals surface area contributed by atoms with Crippen LogP contribution in [0.15, 0.2) is 16.6 Å². The standard InChI is InChI=1S/C11H13BrF2O3S/c1-2-4-18(15,16)5-3-17-10-7-8(12)6-9(13)11(10)14/h6-7H,2-5H2,1H3. The Balaban J connectivity index is 2.65. The number of ether oxygens (including phenoxy) is 1. The van der Waals surface area contributed by atoms with Crippen LogP contribution in [0.3, 0.4) is 0 Å². The Hall–Kier alpha value is -0.690. The van der Waals surface area contributed by atoms with Crippen LogP contribution in [-0.2, 0) is 9.84 Å². The van der Waals surface area contributed by atoms with E-state index in [0.717, 1.165) is 6.07 Å². The van der Waals surface area contributed by atoms with Crippen LogP contribution >= 0.6 is 15.9 Å². The largest absolute Gasteiger partial charge is 0.489 e. The molecule has 18 heavy (non-hydrogen) atoms. The molecule has 0 aliphatic heterocycles. The van der Waals surface area contributed by atoms with Crippen LogP contribution in [0.4, 0.5) is 8.78 Å². The summed E-state index contributed by atoms with van der Waals surface area (Å²) in [4.78, 5) is 0. The quantitative estimate of drug-likeness (QED) is 0.746. The maximum absolute atomic E-state index is 13.3. The Morgan fingerprint density at radius 3 is 2.56 bits per heavy atom. The molecular weight excluding hydrogens is 330 g/mol. The predicted molar refractivity (Wildman–Crippen MR) is 68.5 cm³/mol. The molecule has 0 heterocycles. The van der Waals surface area contributed by atoms with Crippen molar-refractivity contribution >= 4 is 25.8 Å². The topological polar surface area (TPSA) is 43.4 Å². The Kier molecular flexibility index (Phi) is 5.52. The van der Waals surface area contributed by atoms with Gasteiger partial charge in [0, 0.05) is 4.47 Å². The lowest BCUT2D eigenvalue weighted by atomic mass is 10.3. The molecule has 0 saturated carbocycles. The van der Waals surface area contributed by atoms with Gasteiger partial charge in [0.25, 0.3) is 0 Å². The summed E-state index contributed by atoms with van der Waals surface area (Å²) in [7, 11) is -3.19. The molecule has 0 aromatic heterocycles. The zero-order valence-corrected chi connectivity index (χ0v) is 12.2. The number of benzene rings is 1. The first kappa shape index (κ1) is 15.4. The van der Waals surface area contributed by atoms with Gasteiger partial charge in [-0.25, -0.2) is 12.8 Å². The van der Waals surface area contributed by atoms with Gasteiger partial charge in [0.15, 0.2) is 21.4 Å². The third kappa shape index (κ3) is 4.53. The van der Waals surface area contributed by atoms with Gasteiger partial charge in [-0.3, -0.25) is 0 Å². The fraction of sp³-hybridized carbons (Fsp3) is 0.455. The molecule has 1 rings (SSSR count). The fourth-order valence-corrected chi connectivity index (χ4v) is 2.90. The molecule has 0 spiro atoms. The highest BCUT2D eigenvalue weighted by Gasteiger charge is 2.13. The monoisotopic (exact) mass is 342 g/mol. The average molecular weight is 343 g/mol. The molecule has 0 bridgehead atoms. The minimum Gasteiger partial charge on any atom is -0.489 e. The maximum Gasteiger partial charge on any atom is 0.200 e. The van der Waals surface area contributed by atoms with Crippen molar-refractivity contribution in [3.8, 4) is 5.75 Å². The molecule has 102 valence electrons. The average Bonchev–Trinajstić information content (AvgIpc) is 2.24. The van der Waals surface area contributed by atoms with E-state index in [1.165, 1.54) is 6.07 Å². The third-order valence-electron chi connectivity index (χ3n) is 2.13. The summed E-state index contributed by atoms with van der Waals surface area (Å²) < 4.78 is 54.3. The number of sulfone groups is 1. The van der Waals surface area contributed by atoms with Crippen LogP contribution in [0.1, 0.15) is 13.3 Å². The molecule has 3 nitrogen and oxygen atoms in total. The first-order chi connectivity index (χ1) is 8.35. The van der Waals surface area contributed by atoms with Crippen molar-refractivity contribution in [1.82, 2.24) is 0 Å². The molecule has 0 fully saturated rings. The van der Waals surface area contributed by atoms with E-state index < -0.39 is 21.5 Å². The molecule has 7 heteroatoms. The van der Waals surface area contributed by atoms with Crippen LogP contribution in [-0.4, -0.2) is 26.5 Å². The highest BCUT2D eigenvalue weighted by Crippen LogP contribution is 2.25. The summed E-state index contributed by atoms with van der Waals surface area (Å²) in [6, 6.07) is 2.22. The van der Waals surface area contributed by atoms with Gasteiger partial charge in [-0.1, -0.05) is 22.9 Å². The van der Waals surface area contributed by atoms with Crippen LogP contribution < -0.4 is 4.74 Å². The lowest BCUT2D eigenvalue weighted by Gasteiger charge is -2.08. The van der Waals surface area contributed by atoms with E-state index in [4.69, 9.17) is 4.74 Å². The number of halogens is 3. The Bertz CT molecular complexity index is 517. The second-order valence-corrected chi connectivity index (χ2v) is 6.92. The zero-order valence-electron chi connectivity index (χ0n) is 9.75. The summed E-state index contributed by atoms with van der Waals surface area (Å²) in [6.07, 6.45) is 0.516. The van der Waals surface area contributed by atoms with Crippen LogP contribution in [0.5, 0.6) is 5.75 Å². The first-order valence-corrected chi connectivity index (χ1v) is 7.95. The molecule has 0 atom stereocenters. The SMILES string of the molecule is CCCS(=O)(=O)CCOc1cc(Br)cc(F)c1F. The zero-order chi connectivity index (χ0) is 13.8. The summed E-state index contributed by atoms with van der Waals surface area (Å²) >= 11 is 3.00.